The van der Waals surface area contributed by atoms with Gasteiger partial charge in [-0.1, -0.05) is 0 Å². The van der Waals surface area contributed by atoms with E-state index in [0.29, 0.717) is 0 Å². The van der Waals surface area contributed by atoms with Crippen LogP contribution in [0.3, 0.4) is 0 Å². The van der Waals surface area contributed by atoms with Gasteiger partial charge < -0.3 is 10.2 Å². The van der Waals surface area contributed by atoms with Crippen molar-refractivity contribution in [3.8, 4) is 0 Å². The van der Waals surface area contributed by atoms with E-state index in [1.54, 1.807) is 7.05 Å². The monoisotopic (exact) mass is 304 g/mol. The van der Waals surface area contributed by atoms with Crippen LogP contribution in [0.5, 0.6) is 0 Å². The van der Waals surface area contributed by atoms with Crippen LogP contribution in [0.1, 0.15) is 29.6 Å². The standard InChI is InChI=1S/C14H18F2N2O.ClH/c1-18(11-3-2-7-17-8-6-11)14(19)12-9-10(15)4-5-13(12)16;/h4-5,9,11,17H,2-3,6-8H2,1H3;1H. The molecule has 1 fully saturated rings. The van der Waals surface area contributed by atoms with E-state index in [1.165, 1.54) is 4.90 Å². The summed E-state index contributed by atoms with van der Waals surface area (Å²) in [6.45, 7) is 1.78. The number of benzene rings is 1. The quantitative estimate of drug-likeness (QED) is 0.911. The third kappa shape index (κ3) is 3.90. The molecule has 1 amide bonds. The fourth-order valence-electron chi connectivity index (χ4n) is 2.41. The Labute approximate surface area is 123 Å². The Morgan fingerprint density at radius 1 is 1.30 bits per heavy atom. The van der Waals surface area contributed by atoms with Crippen molar-refractivity contribution in [3.05, 3.63) is 35.4 Å². The summed E-state index contributed by atoms with van der Waals surface area (Å²) in [5.41, 5.74) is -0.195. The first kappa shape index (κ1) is 16.9. The second kappa shape index (κ2) is 7.55. The van der Waals surface area contributed by atoms with Crippen LogP contribution in [-0.4, -0.2) is 37.0 Å². The lowest BCUT2D eigenvalue weighted by Crippen LogP contribution is -2.38. The Balaban J connectivity index is 0.00000200. The maximum absolute atomic E-state index is 13.6. The predicted octanol–water partition coefficient (Wildman–Crippen LogP) is 2.60. The van der Waals surface area contributed by atoms with Crippen LogP contribution in [0, 0.1) is 11.6 Å². The average molecular weight is 305 g/mol. The zero-order valence-electron chi connectivity index (χ0n) is 11.4. The molecule has 1 atom stereocenters. The number of carbonyl (C=O) groups is 1. The van der Waals surface area contributed by atoms with Crippen LogP contribution in [0.2, 0.25) is 0 Å². The molecule has 0 aromatic heterocycles. The Bertz CT molecular complexity index is 462. The minimum atomic E-state index is -0.676. The predicted molar refractivity (Wildman–Crippen MR) is 76.2 cm³/mol. The summed E-state index contributed by atoms with van der Waals surface area (Å²) < 4.78 is 26.7. The lowest BCUT2D eigenvalue weighted by Gasteiger charge is -2.27. The minimum Gasteiger partial charge on any atom is -0.339 e. The van der Waals surface area contributed by atoms with Crippen molar-refractivity contribution in [2.24, 2.45) is 0 Å². The minimum absolute atomic E-state index is 0. The molecule has 6 heteroatoms. The molecular formula is C14H19ClF2N2O. The molecule has 0 spiro atoms. The van der Waals surface area contributed by atoms with Gasteiger partial charge in [-0.25, -0.2) is 8.78 Å². The zero-order valence-corrected chi connectivity index (χ0v) is 12.2. The molecule has 0 radical (unpaired) electrons. The third-order valence-corrected chi connectivity index (χ3v) is 3.57. The van der Waals surface area contributed by atoms with Crippen LogP contribution in [0.15, 0.2) is 18.2 Å². The molecule has 1 heterocycles. The first-order chi connectivity index (χ1) is 9.09. The summed E-state index contributed by atoms with van der Waals surface area (Å²) in [6, 6.07) is 3.04. The van der Waals surface area contributed by atoms with Crippen LogP contribution in [-0.2, 0) is 0 Å². The van der Waals surface area contributed by atoms with E-state index in [-0.39, 0.29) is 24.0 Å². The van der Waals surface area contributed by atoms with Gasteiger partial charge in [0.05, 0.1) is 5.56 Å². The van der Waals surface area contributed by atoms with E-state index in [1.807, 2.05) is 0 Å². The van der Waals surface area contributed by atoms with E-state index < -0.39 is 17.5 Å². The number of hydrogen-bond donors (Lipinski definition) is 1. The number of rotatable bonds is 2. The fraction of sp³-hybridized carbons (Fsp3) is 0.500. The molecule has 20 heavy (non-hydrogen) atoms. The smallest absolute Gasteiger partial charge is 0.256 e. The van der Waals surface area contributed by atoms with Gasteiger partial charge in [0.15, 0.2) is 0 Å². The third-order valence-electron chi connectivity index (χ3n) is 3.57. The van der Waals surface area contributed by atoms with Gasteiger partial charge in [-0.3, -0.25) is 4.79 Å². The van der Waals surface area contributed by atoms with Crippen molar-refractivity contribution in [1.29, 1.82) is 0 Å². The largest absolute Gasteiger partial charge is 0.339 e. The van der Waals surface area contributed by atoms with Crippen LogP contribution < -0.4 is 5.32 Å². The van der Waals surface area contributed by atoms with Gasteiger partial charge in [0.2, 0.25) is 0 Å². The second-order valence-electron chi connectivity index (χ2n) is 4.87. The molecule has 0 saturated carbocycles. The summed E-state index contributed by atoms with van der Waals surface area (Å²) in [7, 11) is 1.66. The molecule has 1 aromatic carbocycles. The molecule has 3 nitrogen and oxygen atoms in total. The highest BCUT2D eigenvalue weighted by Crippen LogP contribution is 2.17. The van der Waals surface area contributed by atoms with Crippen molar-refractivity contribution in [1.82, 2.24) is 10.2 Å². The first-order valence-corrected chi connectivity index (χ1v) is 6.52. The summed E-state index contributed by atoms with van der Waals surface area (Å²) in [5, 5.41) is 3.26. The van der Waals surface area contributed by atoms with E-state index in [4.69, 9.17) is 0 Å². The zero-order chi connectivity index (χ0) is 13.8. The number of nitrogens with one attached hydrogen (secondary N) is 1. The molecule has 1 aromatic rings. The van der Waals surface area contributed by atoms with Gasteiger partial charge in [-0.2, -0.15) is 0 Å². The SMILES string of the molecule is CN(C(=O)c1cc(F)ccc1F)C1CCCNCC1.Cl. The van der Waals surface area contributed by atoms with Gasteiger partial charge in [0.25, 0.3) is 5.91 Å². The number of halogens is 3. The molecule has 1 unspecified atom stereocenters. The highest BCUT2D eigenvalue weighted by Gasteiger charge is 2.24. The van der Waals surface area contributed by atoms with Crippen LogP contribution >= 0.6 is 12.4 Å². The normalized spacial score (nSPS) is 18.9. The van der Waals surface area contributed by atoms with E-state index in [9.17, 15) is 13.6 Å². The summed E-state index contributed by atoms with van der Waals surface area (Å²) in [5.74, 6) is -1.73. The lowest BCUT2D eigenvalue weighted by atomic mass is 10.1. The maximum Gasteiger partial charge on any atom is 0.256 e. The Morgan fingerprint density at radius 3 is 2.80 bits per heavy atom. The van der Waals surface area contributed by atoms with Crippen molar-refractivity contribution >= 4 is 18.3 Å². The molecule has 0 aliphatic carbocycles. The number of hydrogen-bond acceptors (Lipinski definition) is 2. The molecule has 1 aliphatic heterocycles. The van der Waals surface area contributed by atoms with Crippen LogP contribution in [0.4, 0.5) is 8.78 Å². The number of nitrogens with zero attached hydrogens (tertiary/aromatic N) is 1. The number of carbonyl (C=O) groups excluding carboxylic acids is 1. The fourth-order valence-corrected chi connectivity index (χ4v) is 2.41. The molecule has 0 bridgehead atoms. The molecule has 1 saturated heterocycles. The summed E-state index contributed by atoms with van der Waals surface area (Å²) in [4.78, 5) is 13.8. The highest BCUT2D eigenvalue weighted by molar-refractivity contribution is 5.94. The topological polar surface area (TPSA) is 32.3 Å². The van der Waals surface area contributed by atoms with E-state index in [2.05, 4.69) is 5.32 Å². The summed E-state index contributed by atoms with van der Waals surface area (Å²) in [6.07, 6.45) is 2.69. The second-order valence-corrected chi connectivity index (χ2v) is 4.87. The highest BCUT2D eigenvalue weighted by atomic mass is 35.5. The molecule has 1 aliphatic rings. The van der Waals surface area contributed by atoms with Crippen molar-refractivity contribution in [3.63, 3.8) is 0 Å². The molecular weight excluding hydrogens is 286 g/mol. The molecule has 2 rings (SSSR count). The Morgan fingerprint density at radius 2 is 2.05 bits per heavy atom. The molecule has 1 N–H and O–H groups in total. The maximum atomic E-state index is 13.6. The number of amides is 1. The van der Waals surface area contributed by atoms with Gasteiger partial charge in [-0.05, 0) is 50.6 Å². The average Bonchev–Trinajstić information content (AvgIpc) is 2.69. The first-order valence-electron chi connectivity index (χ1n) is 6.52. The van der Waals surface area contributed by atoms with Gasteiger partial charge in [-0.15, -0.1) is 12.4 Å². The van der Waals surface area contributed by atoms with Gasteiger partial charge >= 0.3 is 0 Å². The van der Waals surface area contributed by atoms with Crippen molar-refractivity contribution in [2.75, 3.05) is 20.1 Å². The van der Waals surface area contributed by atoms with Gasteiger partial charge in [0.1, 0.15) is 11.6 Å². The lowest BCUT2D eigenvalue weighted by molar-refractivity contribution is 0.0715. The van der Waals surface area contributed by atoms with Crippen molar-refractivity contribution < 1.29 is 13.6 Å². The van der Waals surface area contributed by atoms with E-state index in [0.717, 1.165) is 50.6 Å². The van der Waals surface area contributed by atoms with Crippen LogP contribution in [0.25, 0.3) is 0 Å². The molecule has 112 valence electrons. The summed E-state index contributed by atoms with van der Waals surface area (Å²) >= 11 is 0. The Kier molecular flexibility index (Phi) is 6.36. The van der Waals surface area contributed by atoms with Crippen molar-refractivity contribution in [2.45, 2.75) is 25.3 Å². The Hall–Kier alpha value is -1.20. The van der Waals surface area contributed by atoms with Gasteiger partial charge in [0, 0.05) is 13.1 Å². The van der Waals surface area contributed by atoms with E-state index >= 15 is 0 Å².